The number of carbonyl (C=O) groups is 2. The Kier molecular flexibility index (Phi) is 6.62. The topological polar surface area (TPSA) is 72.8 Å². The van der Waals surface area contributed by atoms with Gasteiger partial charge in [0.25, 0.3) is 0 Å². The van der Waals surface area contributed by atoms with Crippen LogP contribution >= 0.6 is 0 Å². The molecule has 0 fully saturated rings. The maximum absolute atomic E-state index is 12.7. The average molecular weight is 384 g/mol. The fourth-order valence-corrected chi connectivity index (χ4v) is 3.17. The predicted octanol–water partition coefficient (Wildman–Crippen LogP) is 3.79. The van der Waals surface area contributed by atoms with Crippen LogP contribution in [0.4, 0.5) is 0 Å². The largest absolute Gasteiger partial charge is 0.482 e. The van der Waals surface area contributed by atoms with Crippen molar-refractivity contribution >= 4 is 11.8 Å². The molecule has 2 atom stereocenters. The molecule has 28 heavy (non-hydrogen) atoms. The number of carbonyl (C=O) groups excluding carboxylic acids is 2. The molecule has 0 heterocycles. The van der Waals surface area contributed by atoms with Gasteiger partial charge in [-0.15, -0.1) is 0 Å². The molecule has 0 radical (unpaired) electrons. The zero-order valence-corrected chi connectivity index (χ0v) is 16.9. The SMILES string of the molecule is C=CC(C)(O)C=CC1=C(C)C(=O)C(OC(=O)COc2ccccc2)CC1(C)C. The third-order valence-electron chi connectivity index (χ3n) is 4.87. The Balaban J connectivity index is 2.09. The minimum absolute atomic E-state index is 0.231. The lowest BCUT2D eigenvalue weighted by atomic mass is 9.70. The summed E-state index contributed by atoms with van der Waals surface area (Å²) in [6, 6.07) is 8.95. The van der Waals surface area contributed by atoms with E-state index < -0.39 is 23.1 Å². The molecular weight excluding hydrogens is 356 g/mol. The molecule has 0 aromatic heterocycles. The predicted molar refractivity (Wildman–Crippen MR) is 108 cm³/mol. The molecule has 1 aromatic rings. The fourth-order valence-electron chi connectivity index (χ4n) is 3.17. The molecular formula is C23H28O5. The van der Waals surface area contributed by atoms with Gasteiger partial charge in [0.2, 0.25) is 0 Å². The standard InChI is InChI=1S/C23H28O5/c1-6-23(5,26)13-12-18-16(2)21(25)19(14-22(18,3)4)28-20(24)15-27-17-10-8-7-9-11-17/h6-13,19,26H,1,14-15H2,2-5H3. The summed E-state index contributed by atoms with van der Waals surface area (Å²) in [6.07, 6.45) is 4.29. The van der Waals surface area contributed by atoms with Crippen molar-refractivity contribution < 1.29 is 24.2 Å². The highest BCUT2D eigenvalue weighted by Crippen LogP contribution is 2.41. The number of Topliss-reactive ketones (excluding diaryl/α,β-unsaturated/α-hetero) is 1. The lowest BCUT2D eigenvalue weighted by molar-refractivity contribution is -0.158. The first-order valence-corrected chi connectivity index (χ1v) is 9.24. The van der Waals surface area contributed by atoms with Crippen molar-refractivity contribution in [3.63, 3.8) is 0 Å². The van der Waals surface area contributed by atoms with Crippen molar-refractivity contribution in [2.75, 3.05) is 6.61 Å². The van der Waals surface area contributed by atoms with E-state index in [1.54, 1.807) is 50.3 Å². The van der Waals surface area contributed by atoms with E-state index in [0.29, 0.717) is 17.7 Å². The second-order valence-corrected chi connectivity index (χ2v) is 7.83. The highest BCUT2D eigenvalue weighted by molar-refractivity contribution is 6.01. The Hall–Kier alpha value is -2.66. The number of rotatable bonds is 7. The van der Waals surface area contributed by atoms with Gasteiger partial charge in [0.05, 0.1) is 5.60 Å². The zero-order valence-electron chi connectivity index (χ0n) is 16.9. The first kappa shape index (κ1) is 21.6. The van der Waals surface area contributed by atoms with Crippen LogP contribution in [0.5, 0.6) is 5.75 Å². The Morgan fingerprint density at radius 3 is 2.61 bits per heavy atom. The minimum Gasteiger partial charge on any atom is -0.482 e. The second-order valence-electron chi connectivity index (χ2n) is 7.83. The van der Waals surface area contributed by atoms with Gasteiger partial charge in [0, 0.05) is 6.42 Å². The molecule has 5 heteroatoms. The molecule has 2 unspecified atom stereocenters. The van der Waals surface area contributed by atoms with Crippen molar-refractivity contribution in [1.29, 1.82) is 0 Å². The Bertz CT molecular complexity index is 800. The number of hydrogen-bond donors (Lipinski definition) is 1. The van der Waals surface area contributed by atoms with Crippen LogP contribution in [0.25, 0.3) is 0 Å². The summed E-state index contributed by atoms with van der Waals surface area (Å²) in [5.41, 5.74) is -0.233. The van der Waals surface area contributed by atoms with Crippen LogP contribution < -0.4 is 4.74 Å². The molecule has 150 valence electrons. The quantitative estimate of drug-likeness (QED) is 0.572. The summed E-state index contributed by atoms with van der Waals surface area (Å²) >= 11 is 0. The number of para-hydroxylation sites is 1. The van der Waals surface area contributed by atoms with Crippen LogP contribution in [0.2, 0.25) is 0 Å². The van der Waals surface area contributed by atoms with Gasteiger partial charge >= 0.3 is 5.97 Å². The lowest BCUT2D eigenvalue weighted by Crippen LogP contribution is -2.39. The lowest BCUT2D eigenvalue weighted by Gasteiger charge is -2.36. The number of hydrogen-bond acceptors (Lipinski definition) is 5. The fraction of sp³-hybridized carbons (Fsp3) is 0.391. The van der Waals surface area contributed by atoms with Gasteiger partial charge in [-0.25, -0.2) is 4.79 Å². The maximum Gasteiger partial charge on any atom is 0.344 e. The van der Waals surface area contributed by atoms with Crippen LogP contribution in [0.1, 0.15) is 34.1 Å². The van der Waals surface area contributed by atoms with Gasteiger partial charge in [-0.3, -0.25) is 4.79 Å². The number of esters is 1. The summed E-state index contributed by atoms with van der Waals surface area (Å²) < 4.78 is 10.8. The third-order valence-corrected chi connectivity index (χ3v) is 4.87. The van der Waals surface area contributed by atoms with Gasteiger partial charge in [0.15, 0.2) is 18.5 Å². The first-order valence-electron chi connectivity index (χ1n) is 9.24. The van der Waals surface area contributed by atoms with Crippen LogP contribution in [-0.2, 0) is 14.3 Å². The van der Waals surface area contributed by atoms with E-state index in [4.69, 9.17) is 9.47 Å². The number of aliphatic hydroxyl groups is 1. The van der Waals surface area contributed by atoms with Crippen LogP contribution in [0.3, 0.4) is 0 Å². The molecule has 0 spiro atoms. The molecule has 1 N–H and O–H groups in total. The smallest absolute Gasteiger partial charge is 0.344 e. The zero-order chi connectivity index (χ0) is 20.9. The van der Waals surface area contributed by atoms with Crippen molar-refractivity contribution in [3.05, 3.63) is 66.3 Å². The van der Waals surface area contributed by atoms with E-state index in [2.05, 4.69) is 6.58 Å². The second kappa shape index (κ2) is 8.57. The number of benzene rings is 1. The van der Waals surface area contributed by atoms with E-state index in [-0.39, 0.29) is 12.4 Å². The minimum atomic E-state index is -1.16. The normalized spacial score (nSPS) is 21.3. The summed E-state index contributed by atoms with van der Waals surface area (Å²) in [6.45, 7) is 10.6. The highest BCUT2D eigenvalue weighted by Gasteiger charge is 2.40. The molecule has 0 aliphatic heterocycles. The van der Waals surface area contributed by atoms with Gasteiger partial charge < -0.3 is 14.6 Å². The van der Waals surface area contributed by atoms with Crippen molar-refractivity contribution in [3.8, 4) is 5.75 Å². The Morgan fingerprint density at radius 1 is 1.36 bits per heavy atom. The van der Waals surface area contributed by atoms with Crippen molar-refractivity contribution in [1.82, 2.24) is 0 Å². The molecule has 1 aliphatic rings. The van der Waals surface area contributed by atoms with E-state index in [1.807, 2.05) is 19.9 Å². The van der Waals surface area contributed by atoms with Crippen LogP contribution in [-0.4, -0.2) is 35.2 Å². The number of allylic oxidation sites excluding steroid dienone is 2. The summed E-state index contributed by atoms with van der Waals surface area (Å²) in [5.74, 6) is -0.253. The highest BCUT2D eigenvalue weighted by atomic mass is 16.6. The number of ether oxygens (including phenoxy) is 2. The molecule has 0 saturated carbocycles. The van der Waals surface area contributed by atoms with Gasteiger partial charge in [-0.2, -0.15) is 0 Å². The van der Waals surface area contributed by atoms with Crippen molar-refractivity contribution in [2.45, 2.75) is 45.8 Å². The molecule has 1 aromatic carbocycles. The molecule has 0 amide bonds. The monoisotopic (exact) mass is 384 g/mol. The van der Waals surface area contributed by atoms with Gasteiger partial charge in [0.1, 0.15) is 5.75 Å². The summed E-state index contributed by atoms with van der Waals surface area (Å²) in [7, 11) is 0. The van der Waals surface area contributed by atoms with Crippen LogP contribution in [0, 0.1) is 5.41 Å². The maximum atomic E-state index is 12.7. The first-order chi connectivity index (χ1) is 13.1. The molecule has 5 nitrogen and oxygen atoms in total. The van der Waals surface area contributed by atoms with E-state index in [9.17, 15) is 14.7 Å². The van der Waals surface area contributed by atoms with Crippen molar-refractivity contribution in [2.24, 2.45) is 5.41 Å². The van der Waals surface area contributed by atoms with E-state index in [0.717, 1.165) is 5.57 Å². The Morgan fingerprint density at radius 2 is 2.00 bits per heavy atom. The Labute approximate surface area is 166 Å². The van der Waals surface area contributed by atoms with Crippen LogP contribution in [0.15, 0.2) is 66.3 Å². The van der Waals surface area contributed by atoms with E-state index >= 15 is 0 Å². The third kappa shape index (κ3) is 5.42. The summed E-state index contributed by atoms with van der Waals surface area (Å²) in [4.78, 5) is 24.9. The molecule has 0 bridgehead atoms. The van der Waals surface area contributed by atoms with Gasteiger partial charge in [-0.05, 0) is 48.6 Å². The summed E-state index contributed by atoms with van der Waals surface area (Å²) in [5, 5.41) is 10.1. The average Bonchev–Trinajstić information content (AvgIpc) is 2.64. The molecule has 1 aliphatic carbocycles. The van der Waals surface area contributed by atoms with Gasteiger partial charge in [-0.1, -0.05) is 50.8 Å². The molecule has 0 saturated heterocycles. The van der Waals surface area contributed by atoms with E-state index in [1.165, 1.54) is 6.08 Å². The molecule has 2 rings (SSSR count). The number of ketones is 1.